The van der Waals surface area contributed by atoms with Crippen LogP contribution >= 0.6 is 11.8 Å². The van der Waals surface area contributed by atoms with Crippen molar-refractivity contribution in [1.82, 2.24) is 14.8 Å². The molecule has 1 unspecified atom stereocenters. The largest absolute Gasteiger partial charge is 0.378 e. The second-order valence-corrected chi connectivity index (χ2v) is 10.6. The molecule has 0 saturated carbocycles. The summed E-state index contributed by atoms with van der Waals surface area (Å²) in [4.78, 5) is 15.3. The Hall–Kier alpha value is -1.86. The number of thioether (sulfide) groups is 1. The molecule has 6 nitrogen and oxygen atoms in total. The molecule has 2 heterocycles. The Bertz CT molecular complexity index is 849. The van der Waals surface area contributed by atoms with E-state index >= 15 is 0 Å². The Kier molecular flexibility index (Phi) is 7.24. The number of nitrogens with zero attached hydrogens (tertiary/aromatic N) is 4. The average Bonchev–Trinajstić information content (AvgIpc) is 3.09. The van der Waals surface area contributed by atoms with Gasteiger partial charge in [-0.05, 0) is 23.8 Å². The van der Waals surface area contributed by atoms with Gasteiger partial charge in [-0.25, -0.2) is 0 Å². The van der Waals surface area contributed by atoms with Crippen molar-refractivity contribution in [1.29, 1.82) is 0 Å². The van der Waals surface area contributed by atoms with Crippen molar-refractivity contribution >= 4 is 23.5 Å². The van der Waals surface area contributed by atoms with Gasteiger partial charge in [0.15, 0.2) is 10.9 Å². The molecule has 0 aliphatic carbocycles. The smallest absolute Gasteiger partial charge is 0.228 e. The van der Waals surface area contributed by atoms with Crippen LogP contribution in [0.3, 0.4) is 0 Å². The summed E-state index contributed by atoms with van der Waals surface area (Å²) in [7, 11) is 0. The van der Waals surface area contributed by atoms with Crippen LogP contribution < -0.4 is 4.90 Å². The van der Waals surface area contributed by atoms with Crippen molar-refractivity contribution in [3.8, 4) is 0 Å². The van der Waals surface area contributed by atoms with Crippen molar-refractivity contribution in [3.63, 3.8) is 0 Å². The summed E-state index contributed by atoms with van der Waals surface area (Å²) in [5.41, 5.74) is 2.04. The van der Waals surface area contributed by atoms with E-state index in [4.69, 9.17) is 4.74 Å². The number of hydrogen-bond acceptors (Lipinski definition) is 6. The Balaban J connectivity index is 1.77. The number of carbonyl (C=O) groups excluding carboxylic acids is 1. The first-order valence-corrected chi connectivity index (χ1v) is 11.6. The highest BCUT2D eigenvalue weighted by Gasteiger charge is 2.25. The molecular weight excluding hydrogens is 396 g/mol. The third-order valence-corrected chi connectivity index (χ3v) is 6.31. The van der Waals surface area contributed by atoms with E-state index in [1.54, 1.807) is 0 Å². The lowest BCUT2D eigenvalue weighted by Crippen LogP contribution is -2.38. The molecule has 0 N–H and O–H groups in total. The van der Waals surface area contributed by atoms with Crippen molar-refractivity contribution in [3.05, 3.63) is 35.4 Å². The van der Waals surface area contributed by atoms with E-state index in [9.17, 15) is 4.79 Å². The molecule has 3 rings (SSSR count). The maximum absolute atomic E-state index is 13.0. The van der Waals surface area contributed by atoms with Gasteiger partial charge in [0, 0.05) is 25.2 Å². The lowest BCUT2D eigenvalue weighted by molar-refractivity contribution is 0.0993. The molecule has 7 heteroatoms. The zero-order valence-electron chi connectivity index (χ0n) is 19.0. The van der Waals surface area contributed by atoms with Gasteiger partial charge in [0.05, 0.1) is 18.5 Å². The molecule has 30 heavy (non-hydrogen) atoms. The normalized spacial score (nSPS) is 16.2. The van der Waals surface area contributed by atoms with E-state index in [0.717, 1.165) is 36.3 Å². The van der Waals surface area contributed by atoms with Crippen LogP contribution in [0.5, 0.6) is 0 Å². The molecule has 1 aliphatic heterocycles. The van der Waals surface area contributed by atoms with E-state index < -0.39 is 0 Å². The lowest BCUT2D eigenvalue weighted by Gasteiger charge is -2.28. The quantitative estimate of drug-likeness (QED) is 0.478. The van der Waals surface area contributed by atoms with Crippen LogP contribution in [0.2, 0.25) is 0 Å². The van der Waals surface area contributed by atoms with Crippen molar-refractivity contribution in [2.45, 2.75) is 63.9 Å². The van der Waals surface area contributed by atoms with Crippen LogP contribution in [0.4, 0.5) is 5.95 Å². The number of ketones is 1. The monoisotopic (exact) mass is 430 g/mol. The van der Waals surface area contributed by atoms with Crippen LogP contribution in [-0.4, -0.2) is 52.1 Å². The van der Waals surface area contributed by atoms with E-state index in [1.807, 2.05) is 19.1 Å². The summed E-state index contributed by atoms with van der Waals surface area (Å²) in [6, 6.07) is 8.00. The third kappa shape index (κ3) is 5.43. The van der Waals surface area contributed by atoms with Crippen LogP contribution in [-0.2, 0) is 16.7 Å². The molecule has 164 valence electrons. The average molecular weight is 431 g/mol. The van der Waals surface area contributed by atoms with Gasteiger partial charge in [-0.15, -0.1) is 10.2 Å². The Labute approximate surface area is 184 Å². The lowest BCUT2D eigenvalue weighted by atomic mass is 9.86. The zero-order valence-corrected chi connectivity index (χ0v) is 19.8. The summed E-state index contributed by atoms with van der Waals surface area (Å²) in [5.74, 6) is 1.45. The second-order valence-electron chi connectivity index (χ2n) is 9.34. The third-order valence-electron chi connectivity index (χ3n) is 5.23. The zero-order chi connectivity index (χ0) is 21.9. The summed E-state index contributed by atoms with van der Waals surface area (Å²) in [6.07, 6.45) is 0. The molecular formula is C23H34N4O2S. The van der Waals surface area contributed by atoms with Crippen molar-refractivity contribution < 1.29 is 9.53 Å². The highest BCUT2D eigenvalue weighted by atomic mass is 32.2. The van der Waals surface area contributed by atoms with Crippen LogP contribution in [0.1, 0.15) is 57.5 Å². The molecule has 0 spiro atoms. The molecule has 1 saturated heterocycles. The van der Waals surface area contributed by atoms with Gasteiger partial charge < -0.3 is 9.64 Å². The number of rotatable bonds is 7. The van der Waals surface area contributed by atoms with Gasteiger partial charge in [-0.3, -0.25) is 9.36 Å². The number of aromatic nitrogens is 3. The van der Waals surface area contributed by atoms with Crippen molar-refractivity contribution in [2.75, 3.05) is 31.2 Å². The number of carbonyl (C=O) groups is 1. The Morgan fingerprint density at radius 3 is 2.30 bits per heavy atom. The fourth-order valence-corrected chi connectivity index (χ4v) is 4.40. The fourth-order valence-electron chi connectivity index (χ4n) is 3.47. The van der Waals surface area contributed by atoms with Crippen LogP contribution in [0.25, 0.3) is 0 Å². The molecule has 0 bridgehead atoms. The van der Waals surface area contributed by atoms with E-state index in [0.29, 0.717) is 19.1 Å². The second kappa shape index (κ2) is 9.52. The number of morpholine rings is 1. The molecule has 1 aromatic heterocycles. The fraction of sp³-hybridized carbons (Fsp3) is 0.609. The minimum absolute atomic E-state index is 0.0745. The first-order chi connectivity index (χ1) is 14.2. The Morgan fingerprint density at radius 2 is 1.73 bits per heavy atom. The van der Waals surface area contributed by atoms with E-state index in [2.05, 4.69) is 66.4 Å². The standard InChI is InChI=1S/C23H34N4O2S/c1-16(2)15-27-21(26-11-13-29-14-12-26)24-25-22(27)30-17(3)20(28)18-7-9-19(10-8-18)23(4,5)6/h7-10,16-17H,11-15H2,1-6H3. The summed E-state index contributed by atoms with van der Waals surface area (Å²) in [6.45, 7) is 16.7. The number of anilines is 1. The van der Waals surface area contributed by atoms with E-state index in [1.165, 1.54) is 17.3 Å². The first kappa shape index (κ1) is 22.8. The SMILES string of the molecule is CC(C)Cn1c(SC(C)C(=O)c2ccc(C(C)(C)C)cc2)nnc1N1CCOCC1. The molecule has 1 aromatic carbocycles. The summed E-state index contributed by atoms with van der Waals surface area (Å²) >= 11 is 1.49. The minimum atomic E-state index is -0.238. The summed E-state index contributed by atoms with van der Waals surface area (Å²) in [5, 5.41) is 9.48. The first-order valence-electron chi connectivity index (χ1n) is 10.7. The number of benzene rings is 1. The van der Waals surface area contributed by atoms with Gasteiger partial charge >= 0.3 is 0 Å². The number of Topliss-reactive ketones (excluding diaryl/α,β-unsaturated/α-hetero) is 1. The van der Waals surface area contributed by atoms with Crippen LogP contribution in [0.15, 0.2) is 29.4 Å². The topological polar surface area (TPSA) is 60.2 Å². The predicted molar refractivity (Wildman–Crippen MR) is 123 cm³/mol. The highest BCUT2D eigenvalue weighted by Crippen LogP contribution is 2.29. The van der Waals surface area contributed by atoms with Gasteiger partial charge in [0.2, 0.25) is 5.95 Å². The summed E-state index contributed by atoms with van der Waals surface area (Å²) < 4.78 is 7.63. The maximum Gasteiger partial charge on any atom is 0.228 e. The minimum Gasteiger partial charge on any atom is -0.378 e. The molecule has 1 fully saturated rings. The van der Waals surface area contributed by atoms with Gasteiger partial charge in [-0.1, -0.05) is 70.6 Å². The Morgan fingerprint density at radius 1 is 1.10 bits per heavy atom. The number of hydrogen-bond donors (Lipinski definition) is 0. The van der Waals surface area contributed by atoms with Gasteiger partial charge in [0.25, 0.3) is 0 Å². The van der Waals surface area contributed by atoms with E-state index in [-0.39, 0.29) is 16.4 Å². The number of ether oxygens (including phenoxy) is 1. The maximum atomic E-state index is 13.0. The molecule has 0 radical (unpaired) electrons. The molecule has 1 aliphatic rings. The predicted octanol–water partition coefficient (Wildman–Crippen LogP) is 4.43. The van der Waals surface area contributed by atoms with Gasteiger partial charge in [-0.2, -0.15) is 0 Å². The molecule has 2 aromatic rings. The van der Waals surface area contributed by atoms with Crippen LogP contribution in [0, 0.1) is 5.92 Å². The van der Waals surface area contributed by atoms with Gasteiger partial charge in [0.1, 0.15) is 0 Å². The highest BCUT2D eigenvalue weighted by molar-refractivity contribution is 8.00. The molecule has 0 amide bonds. The van der Waals surface area contributed by atoms with Crippen molar-refractivity contribution in [2.24, 2.45) is 5.92 Å². The molecule has 1 atom stereocenters.